The van der Waals surface area contributed by atoms with Crippen LogP contribution in [0.15, 0.2) is 30.3 Å². The van der Waals surface area contributed by atoms with Gasteiger partial charge in [-0.15, -0.1) is 5.10 Å². The van der Waals surface area contributed by atoms with Crippen LogP contribution in [0.3, 0.4) is 0 Å². The maximum Gasteiger partial charge on any atom is 0.182 e. The molecule has 2 N–H and O–H groups in total. The predicted octanol–water partition coefficient (Wildman–Crippen LogP) is 0.00610. The molecule has 0 aliphatic carbocycles. The third-order valence-corrected chi connectivity index (χ3v) is 3.90. The van der Waals surface area contributed by atoms with E-state index in [4.69, 9.17) is 15.2 Å². The first-order valence-electron chi connectivity index (χ1n) is 6.66. The van der Waals surface area contributed by atoms with Gasteiger partial charge in [0, 0.05) is 5.56 Å². The van der Waals surface area contributed by atoms with E-state index in [2.05, 4.69) is 15.5 Å². The molecule has 0 amide bonds. The van der Waals surface area contributed by atoms with Crippen LogP contribution in [0.4, 0.5) is 0 Å². The molecule has 0 unspecified atom stereocenters. The molecule has 0 saturated carbocycles. The summed E-state index contributed by atoms with van der Waals surface area (Å²) in [5, 5.41) is 12.0. The van der Waals surface area contributed by atoms with Crippen LogP contribution < -0.4 is 5.73 Å². The van der Waals surface area contributed by atoms with Crippen molar-refractivity contribution in [2.45, 2.75) is 24.3 Å². The lowest BCUT2D eigenvalue weighted by molar-refractivity contribution is 0.0629. The van der Waals surface area contributed by atoms with Crippen molar-refractivity contribution in [1.82, 2.24) is 20.2 Å². The van der Waals surface area contributed by atoms with Crippen LogP contribution in [0.1, 0.15) is 6.04 Å². The summed E-state index contributed by atoms with van der Waals surface area (Å²) < 4.78 is 13.3. The first-order valence-corrected chi connectivity index (χ1v) is 6.66. The second-order valence-corrected chi connectivity index (χ2v) is 5.14. The Balaban J connectivity index is 1.69. The summed E-state index contributed by atoms with van der Waals surface area (Å²) in [6.07, 6.45) is -0.135. The number of tetrazole rings is 1. The van der Waals surface area contributed by atoms with E-state index in [-0.39, 0.29) is 24.3 Å². The second kappa shape index (κ2) is 4.62. The number of aromatic nitrogens is 4. The zero-order chi connectivity index (χ0) is 13.5. The van der Waals surface area contributed by atoms with Crippen LogP contribution in [0.2, 0.25) is 0 Å². The smallest absolute Gasteiger partial charge is 0.182 e. The van der Waals surface area contributed by atoms with E-state index >= 15 is 0 Å². The molecule has 0 bridgehead atoms. The van der Waals surface area contributed by atoms with E-state index in [1.54, 1.807) is 4.68 Å². The highest BCUT2D eigenvalue weighted by atomic mass is 16.6. The first-order chi connectivity index (χ1) is 9.84. The van der Waals surface area contributed by atoms with Gasteiger partial charge in [-0.1, -0.05) is 30.3 Å². The number of rotatable bonds is 2. The van der Waals surface area contributed by atoms with Crippen LogP contribution in [-0.4, -0.2) is 51.7 Å². The Morgan fingerprint density at radius 3 is 2.75 bits per heavy atom. The van der Waals surface area contributed by atoms with Crippen molar-refractivity contribution < 1.29 is 9.47 Å². The number of fused-ring (bicyclic) bond motifs is 1. The van der Waals surface area contributed by atoms with Gasteiger partial charge in [-0.25, -0.2) is 4.68 Å². The third kappa shape index (κ3) is 1.75. The molecule has 1 aromatic heterocycles. The van der Waals surface area contributed by atoms with Gasteiger partial charge in [0.15, 0.2) is 5.82 Å². The third-order valence-electron chi connectivity index (χ3n) is 3.90. The van der Waals surface area contributed by atoms with Gasteiger partial charge in [-0.2, -0.15) is 0 Å². The summed E-state index contributed by atoms with van der Waals surface area (Å²) in [5.41, 5.74) is 6.95. The molecule has 7 heteroatoms. The van der Waals surface area contributed by atoms with Gasteiger partial charge in [-0.05, 0) is 10.4 Å². The summed E-state index contributed by atoms with van der Waals surface area (Å²) in [5.74, 6) is 0.726. The maximum atomic E-state index is 5.97. The quantitative estimate of drug-likeness (QED) is 0.829. The molecule has 1 aromatic carbocycles. The van der Waals surface area contributed by atoms with Crippen LogP contribution in [0, 0.1) is 0 Å². The number of nitrogens with two attached hydrogens (primary N) is 1. The van der Waals surface area contributed by atoms with Crippen LogP contribution in [-0.2, 0) is 9.47 Å². The number of hydrogen-bond donors (Lipinski definition) is 1. The lowest BCUT2D eigenvalue weighted by Gasteiger charge is -2.17. The minimum Gasteiger partial charge on any atom is -0.371 e. The monoisotopic (exact) mass is 273 g/mol. The molecule has 20 heavy (non-hydrogen) atoms. The Kier molecular flexibility index (Phi) is 2.76. The molecule has 7 nitrogen and oxygen atoms in total. The largest absolute Gasteiger partial charge is 0.371 e. The number of hydrogen-bond acceptors (Lipinski definition) is 6. The molecule has 2 aromatic rings. The predicted molar refractivity (Wildman–Crippen MR) is 69.7 cm³/mol. The van der Waals surface area contributed by atoms with E-state index in [1.807, 2.05) is 30.3 Å². The van der Waals surface area contributed by atoms with Crippen LogP contribution in [0.25, 0.3) is 11.4 Å². The maximum absolute atomic E-state index is 5.97. The van der Waals surface area contributed by atoms with Gasteiger partial charge in [-0.3, -0.25) is 0 Å². The minimum absolute atomic E-state index is 0.0289. The summed E-state index contributed by atoms with van der Waals surface area (Å²) in [7, 11) is 0. The van der Waals surface area contributed by atoms with Gasteiger partial charge in [0.1, 0.15) is 18.2 Å². The molecule has 4 rings (SSSR count). The van der Waals surface area contributed by atoms with E-state index in [9.17, 15) is 0 Å². The van der Waals surface area contributed by atoms with Crippen molar-refractivity contribution in [2.24, 2.45) is 5.73 Å². The fourth-order valence-corrected chi connectivity index (χ4v) is 2.91. The fourth-order valence-electron chi connectivity index (χ4n) is 2.91. The molecule has 0 spiro atoms. The Bertz CT molecular complexity index is 602. The first kappa shape index (κ1) is 12.0. The van der Waals surface area contributed by atoms with Gasteiger partial charge in [0.2, 0.25) is 0 Å². The normalized spacial score (nSPS) is 32.5. The van der Waals surface area contributed by atoms with E-state index in [0.717, 1.165) is 11.4 Å². The second-order valence-electron chi connectivity index (χ2n) is 5.14. The number of benzene rings is 1. The van der Waals surface area contributed by atoms with Gasteiger partial charge in [0.05, 0.1) is 19.3 Å². The molecule has 104 valence electrons. The molecule has 2 aliphatic rings. The number of nitrogens with zero attached hydrogens (tertiary/aromatic N) is 4. The van der Waals surface area contributed by atoms with E-state index in [1.165, 1.54) is 0 Å². The standard InChI is InChI=1S/C13H15N5O2/c14-9-6-19-12-10(7-20-11(9)12)18-13(15-16-17-18)8-4-2-1-3-5-8/h1-5,9-12H,6-7,14H2/t9-,10-,11+,12+/m0/s1. The van der Waals surface area contributed by atoms with Crippen LogP contribution >= 0.6 is 0 Å². The molecule has 3 heterocycles. The number of ether oxygens (including phenoxy) is 2. The molecule has 2 fully saturated rings. The summed E-state index contributed by atoms with van der Waals surface area (Å²) in [6, 6.07) is 9.76. The highest BCUT2D eigenvalue weighted by Crippen LogP contribution is 2.34. The summed E-state index contributed by atoms with van der Waals surface area (Å²) >= 11 is 0. The highest BCUT2D eigenvalue weighted by Gasteiger charge is 2.48. The summed E-state index contributed by atoms with van der Waals surface area (Å²) in [6.45, 7) is 1.04. The Morgan fingerprint density at radius 1 is 1.10 bits per heavy atom. The van der Waals surface area contributed by atoms with Gasteiger partial charge < -0.3 is 15.2 Å². The van der Waals surface area contributed by atoms with E-state index in [0.29, 0.717) is 13.2 Å². The van der Waals surface area contributed by atoms with Crippen molar-refractivity contribution in [3.63, 3.8) is 0 Å². The lowest BCUT2D eigenvalue weighted by atomic mass is 10.1. The lowest BCUT2D eigenvalue weighted by Crippen LogP contribution is -2.36. The Labute approximate surface area is 115 Å². The zero-order valence-electron chi connectivity index (χ0n) is 10.8. The highest BCUT2D eigenvalue weighted by molar-refractivity contribution is 5.54. The molecule has 2 saturated heterocycles. The van der Waals surface area contributed by atoms with Crippen LogP contribution in [0.5, 0.6) is 0 Å². The average Bonchev–Trinajstić information content (AvgIpc) is 3.17. The minimum atomic E-state index is -0.0732. The molecule has 4 atom stereocenters. The molecular weight excluding hydrogens is 258 g/mol. The van der Waals surface area contributed by atoms with Gasteiger partial charge in [0.25, 0.3) is 0 Å². The molecule has 0 radical (unpaired) electrons. The molecule has 2 aliphatic heterocycles. The Hall–Kier alpha value is -1.83. The van der Waals surface area contributed by atoms with Crippen molar-refractivity contribution in [2.75, 3.05) is 13.2 Å². The fraction of sp³-hybridized carbons (Fsp3) is 0.462. The van der Waals surface area contributed by atoms with Crippen molar-refractivity contribution >= 4 is 0 Å². The zero-order valence-corrected chi connectivity index (χ0v) is 10.8. The summed E-state index contributed by atoms with van der Waals surface area (Å²) in [4.78, 5) is 0. The van der Waals surface area contributed by atoms with Crippen molar-refractivity contribution in [3.8, 4) is 11.4 Å². The van der Waals surface area contributed by atoms with E-state index < -0.39 is 0 Å². The Morgan fingerprint density at radius 2 is 1.90 bits per heavy atom. The van der Waals surface area contributed by atoms with Gasteiger partial charge >= 0.3 is 0 Å². The topological polar surface area (TPSA) is 88.1 Å². The van der Waals surface area contributed by atoms with Crippen molar-refractivity contribution in [1.29, 1.82) is 0 Å². The SMILES string of the molecule is N[C@H]1CO[C@H]2[C@@H]1OC[C@@H]2n1nnnc1-c1ccccc1. The average molecular weight is 273 g/mol. The molecular formula is C13H15N5O2. The van der Waals surface area contributed by atoms with Crippen molar-refractivity contribution in [3.05, 3.63) is 30.3 Å².